The van der Waals surface area contributed by atoms with Gasteiger partial charge in [-0.3, -0.25) is 9.88 Å². The summed E-state index contributed by atoms with van der Waals surface area (Å²) >= 11 is 3.38. The number of amides is 1. The number of carboxylic acid groups (broad SMARTS) is 1. The van der Waals surface area contributed by atoms with E-state index in [-0.39, 0.29) is 6.54 Å². The van der Waals surface area contributed by atoms with E-state index in [1.807, 2.05) is 6.07 Å². The maximum atomic E-state index is 13.0. The third-order valence-electron chi connectivity index (χ3n) is 4.35. The van der Waals surface area contributed by atoms with Crippen LogP contribution in [-0.4, -0.2) is 21.1 Å². The largest absolute Gasteiger partial charge is 0.465 e. The van der Waals surface area contributed by atoms with Gasteiger partial charge in [0.2, 0.25) is 0 Å². The van der Waals surface area contributed by atoms with Gasteiger partial charge in [-0.1, -0.05) is 42.5 Å². The van der Waals surface area contributed by atoms with Crippen LogP contribution < -0.4 is 0 Å². The standard InChI is InChI=1S/C21H16BrF3N2O2/c22-17-7-4-12-26-18(17)19(15-8-10-16(11-9-15)21(23,24)25)27(20(28)29)13-14-5-2-1-3-6-14/h1-12,19H,13H2,(H,28,29). The van der Waals surface area contributed by atoms with E-state index in [9.17, 15) is 23.1 Å². The lowest BCUT2D eigenvalue weighted by molar-refractivity contribution is -0.137. The molecule has 0 aliphatic rings. The molecule has 2 aromatic carbocycles. The fourth-order valence-corrected chi connectivity index (χ4v) is 3.46. The fraction of sp³-hybridized carbons (Fsp3) is 0.143. The minimum Gasteiger partial charge on any atom is -0.465 e. The van der Waals surface area contributed by atoms with Crippen molar-refractivity contribution in [3.63, 3.8) is 0 Å². The second-order valence-corrected chi connectivity index (χ2v) is 7.14. The maximum absolute atomic E-state index is 13.0. The molecule has 150 valence electrons. The van der Waals surface area contributed by atoms with Crippen molar-refractivity contribution in [3.8, 4) is 0 Å². The van der Waals surface area contributed by atoms with Crippen LogP contribution in [0.2, 0.25) is 0 Å². The number of nitrogens with zero attached hydrogens (tertiary/aromatic N) is 2. The first kappa shape index (κ1) is 20.9. The molecule has 1 amide bonds. The number of rotatable bonds is 5. The maximum Gasteiger partial charge on any atom is 0.416 e. The number of alkyl halides is 3. The Morgan fingerprint density at radius 1 is 1.03 bits per heavy atom. The van der Waals surface area contributed by atoms with Gasteiger partial charge < -0.3 is 5.11 Å². The summed E-state index contributed by atoms with van der Waals surface area (Å²) in [5.41, 5.74) is 0.727. The van der Waals surface area contributed by atoms with Gasteiger partial charge in [-0.2, -0.15) is 13.2 Å². The number of halogens is 4. The second-order valence-electron chi connectivity index (χ2n) is 6.29. The number of hydrogen-bond acceptors (Lipinski definition) is 2. The van der Waals surface area contributed by atoms with E-state index in [4.69, 9.17) is 0 Å². The van der Waals surface area contributed by atoms with Gasteiger partial charge in [0.1, 0.15) is 6.04 Å². The number of carbonyl (C=O) groups is 1. The van der Waals surface area contributed by atoms with Crippen molar-refractivity contribution in [2.24, 2.45) is 0 Å². The Hall–Kier alpha value is -2.87. The highest BCUT2D eigenvalue weighted by molar-refractivity contribution is 9.10. The van der Waals surface area contributed by atoms with Gasteiger partial charge in [-0.15, -0.1) is 0 Å². The molecule has 0 saturated heterocycles. The summed E-state index contributed by atoms with van der Waals surface area (Å²) in [5.74, 6) is 0. The molecule has 0 aliphatic heterocycles. The van der Waals surface area contributed by atoms with Crippen molar-refractivity contribution in [1.29, 1.82) is 0 Å². The van der Waals surface area contributed by atoms with Crippen LogP contribution in [0.15, 0.2) is 77.4 Å². The Labute approximate surface area is 173 Å². The van der Waals surface area contributed by atoms with Crippen molar-refractivity contribution in [2.75, 3.05) is 0 Å². The van der Waals surface area contributed by atoms with Crippen LogP contribution in [0.5, 0.6) is 0 Å². The highest BCUT2D eigenvalue weighted by Gasteiger charge is 2.33. The Balaban J connectivity index is 2.09. The average molecular weight is 465 g/mol. The third kappa shape index (κ3) is 4.95. The first-order valence-corrected chi connectivity index (χ1v) is 9.37. The Morgan fingerprint density at radius 2 is 1.69 bits per heavy atom. The van der Waals surface area contributed by atoms with E-state index in [1.165, 1.54) is 18.3 Å². The zero-order valence-corrected chi connectivity index (χ0v) is 16.6. The molecular weight excluding hydrogens is 449 g/mol. The molecular formula is C21H16BrF3N2O2. The zero-order chi connectivity index (χ0) is 21.0. The van der Waals surface area contributed by atoms with Gasteiger partial charge in [0.05, 0.1) is 17.8 Å². The number of hydrogen-bond donors (Lipinski definition) is 1. The van der Waals surface area contributed by atoms with Gasteiger partial charge in [-0.05, 0) is 51.3 Å². The molecule has 0 fully saturated rings. The van der Waals surface area contributed by atoms with E-state index >= 15 is 0 Å². The van der Waals surface area contributed by atoms with Gasteiger partial charge in [-0.25, -0.2) is 4.79 Å². The summed E-state index contributed by atoms with van der Waals surface area (Å²) in [5, 5.41) is 9.91. The van der Waals surface area contributed by atoms with Crippen LogP contribution in [-0.2, 0) is 12.7 Å². The predicted molar refractivity (Wildman–Crippen MR) is 105 cm³/mol. The molecule has 0 aliphatic carbocycles. The molecule has 3 rings (SSSR count). The molecule has 8 heteroatoms. The molecule has 1 aromatic heterocycles. The Kier molecular flexibility index (Phi) is 6.22. The fourth-order valence-electron chi connectivity index (χ4n) is 2.99. The Morgan fingerprint density at radius 3 is 2.24 bits per heavy atom. The molecule has 0 bridgehead atoms. The Bertz CT molecular complexity index is 979. The van der Waals surface area contributed by atoms with Gasteiger partial charge in [0, 0.05) is 10.7 Å². The van der Waals surface area contributed by atoms with E-state index in [1.54, 1.807) is 36.4 Å². The summed E-state index contributed by atoms with van der Waals surface area (Å²) in [4.78, 5) is 17.6. The predicted octanol–water partition coefficient (Wildman–Crippen LogP) is 6.13. The number of pyridine rings is 1. The molecule has 4 nitrogen and oxygen atoms in total. The first-order chi connectivity index (χ1) is 13.8. The molecule has 3 aromatic rings. The monoisotopic (exact) mass is 464 g/mol. The molecule has 0 saturated carbocycles. The van der Waals surface area contributed by atoms with Crippen molar-refractivity contribution >= 4 is 22.0 Å². The van der Waals surface area contributed by atoms with Gasteiger partial charge >= 0.3 is 12.3 Å². The van der Waals surface area contributed by atoms with E-state index in [0.717, 1.165) is 22.6 Å². The molecule has 0 radical (unpaired) electrons. The highest BCUT2D eigenvalue weighted by Crippen LogP contribution is 2.35. The minimum absolute atomic E-state index is 0.0465. The summed E-state index contributed by atoms with van der Waals surface area (Å²) in [6.07, 6.45) is -4.17. The molecule has 1 N–H and O–H groups in total. The lowest BCUT2D eigenvalue weighted by Gasteiger charge is -2.30. The SMILES string of the molecule is O=C(O)N(Cc1ccccc1)C(c1ccc(C(F)(F)F)cc1)c1ncccc1Br. The van der Waals surface area contributed by atoms with Crippen molar-refractivity contribution in [1.82, 2.24) is 9.88 Å². The molecule has 1 atom stereocenters. The van der Waals surface area contributed by atoms with Crippen molar-refractivity contribution in [3.05, 3.63) is 99.8 Å². The van der Waals surface area contributed by atoms with E-state index in [0.29, 0.717) is 15.7 Å². The normalized spacial score (nSPS) is 12.4. The molecule has 1 unspecified atom stereocenters. The lowest BCUT2D eigenvalue weighted by atomic mass is 9.99. The smallest absolute Gasteiger partial charge is 0.416 e. The van der Waals surface area contributed by atoms with Crippen LogP contribution in [0.25, 0.3) is 0 Å². The average Bonchev–Trinajstić information content (AvgIpc) is 2.69. The van der Waals surface area contributed by atoms with Crippen LogP contribution in [0.4, 0.5) is 18.0 Å². The summed E-state index contributed by atoms with van der Waals surface area (Å²) in [7, 11) is 0. The van der Waals surface area contributed by atoms with Crippen molar-refractivity contribution < 1.29 is 23.1 Å². The van der Waals surface area contributed by atoms with Crippen molar-refractivity contribution in [2.45, 2.75) is 18.8 Å². The van der Waals surface area contributed by atoms with Gasteiger partial charge in [0.15, 0.2) is 0 Å². The molecule has 29 heavy (non-hydrogen) atoms. The van der Waals surface area contributed by atoms with E-state index < -0.39 is 23.9 Å². The zero-order valence-electron chi connectivity index (χ0n) is 15.0. The molecule has 0 spiro atoms. The quantitative estimate of drug-likeness (QED) is 0.493. The minimum atomic E-state index is -4.48. The van der Waals surface area contributed by atoms with Crippen LogP contribution in [0, 0.1) is 0 Å². The summed E-state index contributed by atoms with van der Waals surface area (Å²) in [6, 6.07) is 15.9. The van der Waals surface area contributed by atoms with Crippen LogP contribution in [0.3, 0.4) is 0 Å². The van der Waals surface area contributed by atoms with Crippen LogP contribution >= 0.6 is 15.9 Å². The summed E-state index contributed by atoms with van der Waals surface area (Å²) in [6.45, 7) is 0.0465. The summed E-state index contributed by atoms with van der Waals surface area (Å²) < 4.78 is 39.4. The topological polar surface area (TPSA) is 53.4 Å². The second kappa shape index (κ2) is 8.65. The highest BCUT2D eigenvalue weighted by atomic mass is 79.9. The molecule has 1 heterocycles. The third-order valence-corrected chi connectivity index (χ3v) is 5.02. The van der Waals surface area contributed by atoms with E-state index in [2.05, 4.69) is 20.9 Å². The van der Waals surface area contributed by atoms with Gasteiger partial charge in [0.25, 0.3) is 0 Å². The number of aromatic nitrogens is 1. The first-order valence-electron chi connectivity index (χ1n) is 8.58. The lowest BCUT2D eigenvalue weighted by Crippen LogP contribution is -2.34. The number of benzene rings is 2. The van der Waals surface area contributed by atoms with Crippen LogP contribution in [0.1, 0.15) is 28.4 Å².